The Bertz CT molecular complexity index is 1230. The van der Waals surface area contributed by atoms with Gasteiger partial charge in [0.25, 0.3) is 15.9 Å². The third-order valence-corrected chi connectivity index (χ3v) is 5.77. The maximum Gasteiger partial charge on any atom is 0.338 e. The van der Waals surface area contributed by atoms with Crippen molar-refractivity contribution in [2.75, 3.05) is 23.8 Å². The third-order valence-electron chi connectivity index (χ3n) is 4.09. The van der Waals surface area contributed by atoms with Crippen molar-refractivity contribution in [3.05, 3.63) is 77.6 Å². The monoisotopic (exact) mass is 475 g/mol. The number of amides is 1. The van der Waals surface area contributed by atoms with Gasteiger partial charge in [0, 0.05) is 11.9 Å². The second-order valence-corrected chi connectivity index (χ2v) is 8.37. The molecule has 3 rings (SSSR count). The van der Waals surface area contributed by atoms with E-state index < -0.39 is 28.5 Å². The maximum absolute atomic E-state index is 12.7. The fraction of sp³-hybridized carbons (Fsp3) is 0.0952. The van der Waals surface area contributed by atoms with Crippen molar-refractivity contribution >= 4 is 44.9 Å². The Balaban J connectivity index is 1.64. The molecule has 11 heteroatoms. The van der Waals surface area contributed by atoms with Crippen LogP contribution in [0.2, 0.25) is 5.15 Å². The van der Waals surface area contributed by atoms with Gasteiger partial charge in [-0.15, -0.1) is 0 Å². The summed E-state index contributed by atoms with van der Waals surface area (Å²) in [5.74, 6) is -0.912. The molecule has 32 heavy (non-hydrogen) atoms. The van der Waals surface area contributed by atoms with Crippen LogP contribution >= 0.6 is 11.6 Å². The number of anilines is 2. The van der Waals surface area contributed by atoms with E-state index in [1.54, 1.807) is 36.4 Å². The number of ether oxygens (including phenoxy) is 2. The van der Waals surface area contributed by atoms with Gasteiger partial charge in [-0.1, -0.05) is 17.7 Å². The van der Waals surface area contributed by atoms with Gasteiger partial charge in [0.1, 0.15) is 5.75 Å². The van der Waals surface area contributed by atoms with E-state index in [1.165, 1.54) is 31.5 Å². The number of benzene rings is 2. The van der Waals surface area contributed by atoms with Crippen LogP contribution in [0.4, 0.5) is 11.4 Å². The van der Waals surface area contributed by atoms with E-state index in [-0.39, 0.29) is 21.3 Å². The molecule has 0 saturated heterocycles. The smallest absolute Gasteiger partial charge is 0.338 e. The minimum Gasteiger partial charge on any atom is -0.497 e. The van der Waals surface area contributed by atoms with Crippen molar-refractivity contribution in [1.82, 2.24) is 4.98 Å². The van der Waals surface area contributed by atoms with Crippen LogP contribution in [0.5, 0.6) is 5.75 Å². The summed E-state index contributed by atoms with van der Waals surface area (Å²) < 4.78 is 37.7. The zero-order valence-corrected chi connectivity index (χ0v) is 18.3. The predicted molar refractivity (Wildman–Crippen MR) is 118 cm³/mol. The summed E-state index contributed by atoms with van der Waals surface area (Å²) in [4.78, 5) is 28.0. The Morgan fingerprint density at radius 2 is 1.81 bits per heavy atom. The lowest BCUT2D eigenvalue weighted by Gasteiger charge is -2.10. The number of sulfonamides is 1. The van der Waals surface area contributed by atoms with Gasteiger partial charge in [-0.25, -0.2) is 18.2 Å². The van der Waals surface area contributed by atoms with E-state index in [0.717, 1.165) is 6.07 Å². The largest absolute Gasteiger partial charge is 0.497 e. The van der Waals surface area contributed by atoms with Gasteiger partial charge in [-0.2, -0.15) is 0 Å². The fourth-order valence-electron chi connectivity index (χ4n) is 2.54. The first kappa shape index (κ1) is 23.0. The predicted octanol–water partition coefficient (Wildman–Crippen LogP) is 3.34. The third kappa shape index (κ3) is 5.96. The Kier molecular flexibility index (Phi) is 7.29. The quantitative estimate of drug-likeness (QED) is 0.378. The molecule has 3 aromatic rings. The molecule has 0 aliphatic carbocycles. The summed E-state index contributed by atoms with van der Waals surface area (Å²) >= 11 is 5.86. The highest BCUT2D eigenvalue weighted by Crippen LogP contribution is 2.20. The van der Waals surface area contributed by atoms with Crippen LogP contribution in [0, 0.1) is 0 Å². The number of carbonyl (C=O) groups excluding carboxylic acids is 2. The van der Waals surface area contributed by atoms with E-state index in [1.807, 2.05) is 0 Å². The van der Waals surface area contributed by atoms with Crippen LogP contribution in [-0.4, -0.2) is 39.0 Å². The molecule has 0 aliphatic heterocycles. The molecule has 1 aromatic heterocycles. The van der Waals surface area contributed by atoms with Gasteiger partial charge >= 0.3 is 5.97 Å². The minimum atomic E-state index is -3.97. The minimum absolute atomic E-state index is 0.0326. The highest BCUT2D eigenvalue weighted by Gasteiger charge is 2.18. The second-order valence-electron chi connectivity index (χ2n) is 6.33. The van der Waals surface area contributed by atoms with Crippen molar-refractivity contribution in [2.45, 2.75) is 4.90 Å². The van der Waals surface area contributed by atoms with Crippen LogP contribution < -0.4 is 14.8 Å². The zero-order chi connectivity index (χ0) is 23.1. The van der Waals surface area contributed by atoms with Crippen LogP contribution in [0.25, 0.3) is 0 Å². The standard InChI is InChI=1S/C21H18ClN3O6S/c1-30-16-9-7-15(8-10-16)25-32(28,29)17-5-2-4-14(12-17)21(27)31-13-19(26)24-18-6-3-11-23-20(18)22/h2-12,25H,13H2,1H3,(H,24,26). The van der Waals surface area contributed by atoms with Gasteiger partial charge in [-0.05, 0) is 54.6 Å². The number of aromatic nitrogens is 1. The lowest BCUT2D eigenvalue weighted by Crippen LogP contribution is -2.21. The molecule has 0 atom stereocenters. The average Bonchev–Trinajstić information content (AvgIpc) is 2.79. The summed E-state index contributed by atoms with van der Waals surface area (Å²) in [7, 11) is -2.46. The Hall–Kier alpha value is -3.63. The molecule has 0 fully saturated rings. The number of rotatable bonds is 8. The van der Waals surface area contributed by atoms with Gasteiger partial charge in [0.2, 0.25) is 0 Å². The molecular weight excluding hydrogens is 458 g/mol. The SMILES string of the molecule is COc1ccc(NS(=O)(=O)c2cccc(C(=O)OCC(=O)Nc3cccnc3Cl)c2)cc1. The van der Waals surface area contributed by atoms with Gasteiger partial charge in [0.15, 0.2) is 11.8 Å². The first-order chi connectivity index (χ1) is 15.3. The van der Waals surface area contributed by atoms with E-state index in [0.29, 0.717) is 11.4 Å². The maximum atomic E-state index is 12.7. The van der Waals surface area contributed by atoms with Crippen molar-refractivity contribution in [1.29, 1.82) is 0 Å². The molecule has 0 spiro atoms. The van der Waals surface area contributed by atoms with Crippen LogP contribution in [0.15, 0.2) is 71.8 Å². The lowest BCUT2D eigenvalue weighted by molar-refractivity contribution is -0.119. The van der Waals surface area contributed by atoms with E-state index in [4.69, 9.17) is 21.1 Å². The first-order valence-electron chi connectivity index (χ1n) is 9.13. The summed E-state index contributed by atoms with van der Waals surface area (Å²) in [5, 5.41) is 2.55. The van der Waals surface area contributed by atoms with Crippen LogP contribution in [0.1, 0.15) is 10.4 Å². The normalized spacial score (nSPS) is 10.8. The summed E-state index contributed by atoms with van der Waals surface area (Å²) in [6, 6.07) is 14.7. The number of halogens is 1. The van der Waals surface area contributed by atoms with Gasteiger partial charge in [0.05, 0.1) is 23.3 Å². The highest BCUT2D eigenvalue weighted by atomic mass is 35.5. The molecule has 1 amide bonds. The molecule has 0 radical (unpaired) electrons. The fourth-order valence-corrected chi connectivity index (χ4v) is 3.81. The molecular formula is C21H18ClN3O6S. The number of hydrogen-bond donors (Lipinski definition) is 2. The van der Waals surface area contributed by atoms with E-state index in [9.17, 15) is 18.0 Å². The lowest BCUT2D eigenvalue weighted by atomic mass is 10.2. The van der Waals surface area contributed by atoms with E-state index >= 15 is 0 Å². The average molecular weight is 476 g/mol. The highest BCUT2D eigenvalue weighted by molar-refractivity contribution is 7.92. The molecule has 1 heterocycles. The summed E-state index contributed by atoms with van der Waals surface area (Å²) in [6.07, 6.45) is 1.46. The number of carbonyl (C=O) groups is 2. The number of esters is 1. The molecule has 2 N–H and O–H groups in total. The topological polar surface area (TPSA) is 124 Å². The Morgan fingerprint density at radius 3 is 2.50 bits per heavy atom. The molecule has 0 unspecified atom stereocenters. The second kappa shape index (κ2) is 10.1. The molecule has 166 valence electrons. The van der Waals surface area contributed by atoms with Crippen LogP contribution in [-0.2, 0) is 19.6 Å². The van der Waals surface area contributed by atoms with Crippen molar-refractivity contribution in [3.63, 3.8) is 0 Å². The number of methoxy groups -OCH3 is 1. The summed E-state index contributed by atoms with van der Waals surface area (Å²) in [6.45, 7) is -0.592. The van der Waals surface area contributed by atoms with Crippen molar-refractivity contribution in [3.8, 4) is 5.75 Å². The number of pyridine rings is 1. The zero-order valence-electron chi connectivity index (χ0n) is 16.7. The van der Waals surface area contributed by atoms with E-state index in [2.05, 4.69) is 15.0 Å². The molecule has 9 nitrogen and oxygen atoms in total. The Labute approximate surface area is 189 Å². The first-order valence-corrected chi connectivity index (χ1v) is 11.0. The van der Waals surface area contributed by atoms with Gasteiger partial charge < -0.3 is 14.8 Å². The molecule has 2 aromatic carbocycles. The van der Waals surface area contributed by atoms with Crippen molar-refractivity contribution < 1.29 is 27.5 Å². The number of hydrogen-bond acceptors (Lipinski definition) is 7. The molecule has 0 aliphatic rings. The van der Waals surface area contributed by atoms with Crippen LogP contribution in [0.3, 0.4) is 0 Å². The van der Waals surface area contributed by atoms with Gasteiger partial charge in [-0.3, -0.25) is 9.52 Å². The Morgan fingerprint density at radius 1 is 1.06 bits per heavy atom. The molecule has 0 saturated carbocycles. The molecule has 0 bridgehead atoms. The van der Waals surface area contributed by atoms with Crippen molar-refractivity contribution in [2.24, 2.45) is 0 Å². The number of nitrogens with one attached hydrogen (secondary N) is 2. The summed E-state index contributed by atoms with van der Waals surface area (Å²) in [5.41, 5.74) is 0.562. The number of nitrogens with zero attached hydrogens (tertiary/aromatic N) is 1.